The van der Waals surface area contributed by atoms with Crippen molar-refractivity contribution < 1.29 is 14.7 Å². The maximum absolute atomic E-state index is 11.3. The van der Waals surface area contributed by atoms with E-state index in [1.165, 1.54) is 0 Å². The fourth-order valence-corrected chi connectivity index (χ4v) is 2.12. The summed E-state index contributed by atoms with van der Waals surface area (Å²) in [6.45, 7) is 1.12. The lowest BCUT2D eigenvalue weighted by Crippen LogP contribution is -2.46. The minimum absolute atomic E-state index is 0.0433. The van der Waals surface area contributed by atoms with Gasteiger partial charge in [0.05, 0.1) is 0 Å². The number of likely N-dealkylation sites (tertiary alicyclic amines) is 1. The van der Waals surface area contributed by atoms with Crippen molar-refractivity contribution in [3.63, 3.8) is 0 Å². The molecule has 0 bridgehead atoms. The molecule has 0 aliphatic carbocycles. The zero-order valence-corrected chi connectivity index (χ0v) is 9.50. The molecule has 1 unspecified atom stereocenters. The molecule has 1 saturated heterocycles. The Bertz CT molecular complexity index is 416. The van der Waals surface area contributed by atoms with Crippen molar-refractivity contribution in [2.45, 2.75) is 25.4 Å². The maximum Gasteiger partial charge on any atom is 0.321 e. The summed E-state index contributed by atoms with van der Waals surface area (Å²) in [7, 11) is 0. The quantitative estimate of drug-likeness (QED) is 0.855. The van der Waals surface area contributed by atoms with Gasteiger partial charge in [0, 0.05) is 25.9 Å². The Morgan fingerprint density at radius 3 is 2.71 bits per heavy atom. The van der Waals surface area contributed by atoms with E-state index in [0.29, 0.717) is 19.5 Å². The summed E-state index contributed by atoms with van der Waals surface area (Å²) in [5.74, 6) is -0.865. The fourth-order valence-electron chi connectivity index (χ4n) is 2.12. The van der Waals surface area contributed by atoms with Gasteiger partial charge in [-0.2, -0.15) is 0 Å². The van der Waals surface area contributed by atoms with Gasteiger partial charge < -0.3 is 5.11 Å². The van der Waals surface area contributed by atoms with Crippen LogP contribution in [-0.2, 0) is 16.1 Å². The highest BCUT2D eigenvalue weighted by molar-refractivity contribution is 5.87. The first-order chi connectivity index (χ1) is 8.16. The largest absolute Gasteiger partial charge is 0.480 e. The SMILES string of the molecule is O=C1CCN(Cc2ccccc2)C(C(=O)O)C1. The molecule has 1 aromatic carbocycles. The number of rotatable bonds is 3. The molecule has 0 aromatic heterocycles. The predicted molar refractivity (Wildman–Crippen MR) is 62.5 cm³/mol. The van der Waals surface area contributed by atoms with Crippen molar-refractivity contribution in [1.82, 2.24) is 4.90 Å². The number of piperidine rings is 1. The van der Waals surface area contributed by atoms with E-state index in [-0.39, 0.29) is 12.2 Å². The first kappa shape index (κ1) is 11.8. The van der Waals surface area contributed by atoms with Gasteiger partial charge in [0.1, 0.15) is 11.8 Å². The van der Waals surface area contributed by atoms with Crippen molar-refractivity contribution in [1.29, 1.82) is 0 Å². The van der Waals surface area contributed by atoms with E-state index >= 15 is 0 Å². The summed E-state index contributed by atoms with van der Waals surface area (Å²) >= 11 is 0. The van der Waals surface area contributed by atoms with Crippen LogP contribution in [0.3, 0.4) is 0 Å². The van der Waals surface area contributed by atoms with E-state index in [4.69, 9.17) is 5.11 Å². The molecule has 1 aromatic rings. The summed E-state index contributed by atoms with van der Waals surface area (Å²) in [5, 5.41) is 9.11. The number of carbonyl (C=O) groups excluding carboxylic acids is 1. The number of Topliss-reactive ketones (excluding diaryl/α,β-unsaturated/α-hetero) is 1. The molecule has 0 radical (unpaired) electrons. The molecule has 4 nitrogen and oxygen atoms in total. The lowest BCUT2D eigenvalue weighted by molar-refractivity contribution is -0.147. The summed E-state index contributed by atoms with van der Waals surface area (Å²) < 4.78 is 0. The van der Waals surface area contributed by atoms with E-state index < -0.39 is 12.0 Å². The predicted octanol–water partition coefficient (Wildman–Crippen LogP) is 1.30. The van der Waals surface area contributed by atoms with E-state index in [9.17, 15) is 9.59 Å². The molecular formula is C13H15NO3. The van der Waals surface area contributed by atoms with Gasteiger partial charge in [0.2, 0.25) is 0 Å². The Labute approximate surface area is 99.9 Å². The molecule has 0 amide bonds. The Balaban J connectivity index is 2.08. The van der Waals surface area contributed by atoms with Crippen molar-refractivity contribution in [3.05, 3.63) is 35.9 Å². The van der Waals surface area contributed by atoms with Gasteiger partial charge in [-0.15, -0.1) is 0 Å². The van der Waals surface area contributed by atoms with E-state index in [2.05, 4.69) is 0 Å². The van der Waals surface area contributed by atoms with Crippen LogP contribution in [0.2, 0.25) is 0 Å². The molecule has 90 valence electrons. The molecule has 4 heteroatoms. The minimum Gasteiger partial charge on any atom is -0.480 e. The first-order valence-electron chi connectivity index (χ1n) is 5.69. The lowest BCUT2D eigenvalue weighted by Gasteiger charge is -2.32. The number of aliphatic carboxylic acids is 1. The van der Waals surface area contributed by atoms with Gasteiger partial charge >= 0.3 is 5.97 Å². The minimum atomic E-state index is -0.908. The average molecular weight is 233 g/mol. The van der Waals surface area contributed by atoms with Gasteiger partial charge in [-0.25, -0.2) is 0 Å². The molecular weight excluding hydrogens is 218 g/mol. The first-order valence-corrected chi connectivity index (χ1v) is 5.69. The number of nitrogens with zero attached hydrogens (tertiary/aromatic N) is 1. The lowest BCUT2D eigenvalue weighted by atomic mass is 10.00. The molecule has 1 heterocycles. The molecule has 1 fully saturated rings. The van der Waals surface area contributed by atoms with Gasteiger partial charge in [-0.1, -0.05) is 30.3 Å². The van der Waals surface area contributed by atoms with E-state index in [1.54, 1.807) is 0 Å². The van der Waals surface area contributed by atoms with Crippen LogP contribution in [0, 0.1) is 0 Å². The second kappa shape index (κ2) is 5.10. The molecule has 2 rings (SSSR count). The highest BCUT2D eigenvalue weighted by Crippen LogP contribution is 2.17. The van der Waals surface area contributed by atoms with Gasteiger partial charge in [0.25, 0.3) is 0 Å². The van der Waals surface area contributed by atoms with E-state index in [0.717, 1.165) is 5.56 Å². The van der Waals surface area contributed by atoms with Crippen LogP contribution < -0.4 is 0 Å². The molecule has 1 N–H and O–H groups in total. The van der Waals surface area contributed by atoms with Gasteiger partial charge in [0.15, 0.2) is 0 Å². The van der Waals surface area contributed by atoms with Crippen molar-refractivity contribution in [3.8, 4) is 0 Å². The van der Waals surface area contributed by atoms with E-state index in [1.807, 2.05) is 35.2 Å². The standard InChI is InChI=1S/C13H15NO3/c15-11-6-7-14(12(8-11)13(16)17)9-10-4-2-1-3-5-10/h1-5,12H,6-9H2,(H,16,17). The van der Waals surface area contributed by atoms with Gasteiger partial charge in [-0.05, 0) is 5.56 Å². The zero-order chi connectivity index (χ0) is 12.3. The summed E-state index contributed by atoms with van der Waals surface area (Å²) in [4.78, 5) is 24.3. The number of carboxylic acids is 1. The van der Waals surface area contributed by atoms with Crippen molar-refractivity contribution in [2.75, 3.05) is 6.54 Å². The summed E-state index contributed by atoms with van der Waals surface area (Å²) in [6, 6.07) is 9.06. The fraction of sp³-hybridized carbons (Fsp3) is 0.385. The highest BCUT2D eigenvalue weighted by Gasteiger charge is 2.32. The third kappa shape index (κ3) is 2.91. The smallest absolute Gasteiger partial charge is 0.321 e. The molecule has 1 atom stereocenters. The Hall–Kier alpha value is -1.68. The zero-order valence-electron chi connectivity index (χ0n) is 9.50. The van der Waals surface area contributed by atoms with Crippen molar-refractivity contribution in [2.24, 2.45) is 0 Å². The Morgan fingerprint density at radius 1 is 1.35 bits per heavy atom. The van der Waals surface area contributed by atoms with Crippen molar-refractivity contribution >= 4 is 11.8 Å². The number of benzene rings is 1. The van der Waals surface area contributed by atoms with Crippen LogP contribution in [0.5, 0.6) is 0 Å². The number of carbonyl (C=O) groups is 2. The van der Waals surface area contributed by atoms with Crippen LogP contribution >= 0.6 is 0 Å². The van der Waals surface area contributed by atoms with Crippen LogP contribution in [0.1, 0.15) is 18.4 Å². The summed E-state index contributed by atoms with van der Waals surface area (Å²) in [5.41, 5.74) is 1.08. The molecule has 0 spiro atoms. The van der Waals surface area contributed by atoms with Crippen LogP contribution in [0.25, 0.3) is 0 Å². The summed E-state index contributed by atoms with van der Waals surface area (Å²) in [6.07, 6.45) is 0.582. The maximum atomic E-state index is 11.3. The average Bonchev–Trinajstić information content (AvgIpc) is 2.32. The van der Waals surface area contributed by atoms with Gasteiger partial charge in [-0.3, -0.25) is 14.5 Å². The number of carboxylic acid groups (broad SMARTS) is 1. The second-order valence-electron chi connectivity index (χ2n) is 4.30. The number of hydrogen-bond acceptors (Lipinski definition) is 3. The second-order valence-corrected chi connectivity index (χ2v) is 4.30. The highest BCUT2D eigenvalue weighted by atomic mass is 16.4. The van der Waals surface area contributed by atoms with Crippen LogP contribution in [0.4, 0.5) is 0 Å². The Morgan fingerprint density at radius 2 is 2.06 bits per heavy atom. The third-order valence-corrected chi connectivity index (χ3v) is 3.05. The monoisotopic (exact) mass is 233 g/mol. The molecule has 1 aliphatic heterocycles. The van der Waals surface area contributed by atoms with Crippen LogP contribution in [0.15, 0.2) is 30.3 Å². The topological polar surface area (TPSA) is 57.6 Å². The number of ketones is 1. The molecule has 17 heavy (non-hydrogen) atoms. The normalized spacial score (nSPS) is 21.4. The Kier molecular flexibility index (Phi) is 3.54. The van der Waals surface area contributed by atoms with Crippen LogP contribution in [-0.4, -0.2) is 34.3 Å². The third-order valence-electron chi connectivity index (χ3n) is 3.05. The molecule has 0 saturated carbocycles. The number of hydrogen-bond donors (Lipinski definition) is 1. The molecule has 1 aliphatic rings.